The fourth-order valence-electron chi connectivity index (χ4n) is 2.11. The molecule has 0 atom stereocenters. The molecule has 0 aliphatic carbocycles. The van der Waals surface area contributed by atoms with Gasteiger partial charge in [0.05, 0.1) is 24.2 Å². The van der Waals surface area contributed by atoms with E-state index in [0.29, 0.717) is 22.7 Å². The summed E-state index contributed by atoms with van der Waals surface area (Å²) in [6, 6.07) is 4.80. The summed E-state index contributed by atoms with van der Waals surface area (Å²) in [6.45, 7) is 1.70. The number of nitrogens with two attached hydrogens (primary N) is 1. The van der Waals surface area contributed by atoms with Crippen LogP contribution in [0.4, 0.5) is 17.1 Å². The van der Waals surface area contributed by atoms with Gasteiger partial charge in [-0.25, -0.2) is 4.79 Å². The van der Waals surface area contributed by atoms with Crippen LogP contribution < -0.4 is 10.5 Å². The second-order valence-corrected chi connectivity index (χ2v) is 6.59. The number of ether oxygens (including phenoxy) is 1. The van der Waals surface area contributed by atoms with Crippen LogP contribution in [-0.4, -0.2) is 36.3 Å². The summed E-state index contributed by atoms with van der Waals surface area (Å²) in [5.41, 5.74) is 6.17. The molecule has 5 N–H and O–H groups in total. The van der Waals surface area contributed by atoms with Crippen molar-refractivity contribution in [2.24, 2.45) is 10.2 Å². The maximum atomic E-state index is 11.3. The average Bonchev–Trinajstić information content (AvgIpc) is 2.53. The Labute approximate surface area is 148 Å². The standard InChI is InChI=1S/C15H15N3O7S/c1-7-3-10(16)12(25-2)6-11(7)18-17-8-4-9(15(20)21)14(19)13(5-8)26(22,23)24/h3-6,19H,16H2,1-2H3,(H,20,21)(H,22,23,24). The van der Waals surface area contributed by atoms with Gasteiger partial charge in [-0.3, -0.25) is 4.55 Å². The molecule has 0 unspecified atom stereocenters. The molecular formula is C15H15N3O7S. The van der Waals surface area contributed by atoms with Gasteiger partial charge in [0.25, 0.3) is 10.1 Å². The van der Waals surface area contributed by atoms with E-state index in [1.165, 1.54) is 13.2 Å². The number of aryl methyl sites for hydroxylation is 1. The number of nitrogen functional groups attached to an aromatic ring is 1. The van der Waals surface area contributed by atoms with Gasteiger partial charge in [0, 0.05) is 6.07 Å². The molecule has 0 heterocycles. The number of rotatable bonds is 5. The van der Waals surface area contributed by atoms with Crippen molar-refractivity contribution in [1.82, 2.24) is 0 Å². The van der Waals surface area contributed by atoms with Gasteiger partial charge < -0.3 is 20.7 Å². The lowest BCUT2D eigenvalue weighted by Gasteiger charge is -2.08. The first kappa shape index (κ1) is 19.1. The molecule has 2 aromatic carbocycles. The predicted octanol–water partition coefficient (Wildman–Crippen LogP) is 2.65. The highest BCUT2D eigenvalue weighted by Crippen LogP contribution is 2.35. The zero-order valence-electron chi connectivity index (χ0n) is 13.7. The second kappa shape index (κ2) is 6.98. The third-order valence-electron chi connectivity index (χ3n) is 3.39. The van der Waals surface area contributed by atoms with Gasteiger partial charge in [-0.05, 0) is 30.7 Å². The fraction of sp³-hybridized carbons (Fsp3) is 0.133. The van der Waals surface area contributed by atoms with E-state index < -0.39 is 32.3 Å². The number of hydrogen-bond donors (Lipinski definition) is 4. The minimum absolute atomic E-state index is 0.206. The first-order valence-electron chi connectivity index (χ1n) is 6.98. The van der Waals surface area contributed by atoms with Gasteiger partial charge >= 0.3 is 5.97 Å². The number of carboxylic acids is 1. The Morgan fingerprint density at radius 3 is 2.38 bits per heavy atom. The van der Waals surface area contributed by atoms with E-state index in [4.69, 9.17) is 20.1 Å². The highest BCUT2D eigenvalue weighted by Gasteiger charge is 2.23. The first-order chi connectivity index (χ1) is 12.0. The highest BCUT2D eigenvalue weighted by atomic mass is 32.2. The third kappa shape index (κ3) is 3.90. The summed E-state index contributed by atoms with van der Waals surface area (Å²) in [7, 11) is -3.45. The molecule has 0 saturated heterocycles. The van der Waals surface area contributed by atoms with Crippen LogP contribution in [0.5, 0.6) is 11.5 Å². The number of aromatic hydroxyl groups is 1. The van der Waals surface area contributed by atoms with Crippen molar-refractivity contribution in [3.63, 3.8) is 0 Å². The average molecular weight is 381 g/mol. The fourth-order valence-corrected chi connectivity index (χ4v) is 2.73. The Bertz CT molecular complexity index is 1020. The summed E-state index contributed by atoms with van der Waals surface area (Å²) in [6.07, 6.45) is 0. The summed E-state index contributed by atoms with van der Waals surface area (Å²) < 4.78 is 36.9. The van der Waals surface area contributed by atoms with Crippen LogP contribution in [0.2, 0.25) is 0 Å². The number of azo groups is 1. The summed E-state index contributed by atoms with van der Waals surface area (Å²) >= 11 is 0. The van der Waals surface area contributed by atoms with Gasteiger partial charge in [-0.2, -0.15) is 18.6 Å². The molecular weight excluding hydrogens is 366 g/mol. The maximum absolute atomic E-state index is 11.3. The van der Waals surface area contributed by atoms with Crippen LogP contribution >= 0.6 is 0 Å². The van der Waals surface area contributed by atoms with Gasteiger partial charge in [0.15, 0.2) is 5.75 Å². The normalized spacial score (nSPS) is 11.7. The van der Waals surface area contributed by atoms with E-state index in [1.54, 1.807) is 13.0 Å². The minimum Gasteiger partial charge on any atom is -0.506 e. The van der Waals surface area contributed by atoms with Gasteiger partial charge in [-0.15, -0.1) is 0 Å². The maximum Gasteiger partial charge on any atom is 0.339 e. The van der Waals surface area contributed by atoms with Crippen LogP contribution in [-0.2, 0) is 10.1 Å². The number of carbonyl (C=O) groups is 1. The lowest BCUT2D eigenvalue weighted by Crippen LogP contribution is -2.04. The molecule has 138 valence electrons. The Hall–Kier alpha value is -3.18. The van der Waals surface area contributed by atoms with Crippen molar-refractivity contribution in [1.29, 1.82) is 0 Å². The quantitative estimate of drug-likeness (QED) is 0.347. The number of carboxylic acid groups (broad SMARTS) is 1. The van der Waals surface area contributed by atoms with Crippen molar-refractivity contribution in [2.45, 2.75) is 11.8 Å². The Kier molecular flexibility index (Phi) is 5.14. The highest BCUT2D eigenvalue weighted by molar-refractivity contribution is 7.86. The third-order valence-corrected chi connectivity index (χ3v) is 4.26. The van der Waals surface area contributed by atoms with E-state index in [-0.39, 0.29) is 5.69 Å². The van der Waals surface area contributed by atoms with Crippen LogP contribution in [0, 0.1) is 6.92 Å². The SMILES string of the molecule is COc1cc(N=Nc2cc(C(=O)O)c(O)c(S(=O)(=O)O)c2)c(C)cc1N. The van der Waals surface area contributed by atoms with Crippen LogP contribution in [0.25, 0.3) is 0 Å². The molecule has 0 aromatic heterocycles. The van der Waals surface area contributed by atoms with Crippen molar-refractivity contribution < 1.29 is 32.7 Å². The monoisotopic (exact) mass is 381 g/mol. The van der Waals surface area contributed by atoms with Crippen molar-refractivity contribution in [3.05, 3.63) is 35.4 Å². The lowest BCUT2D eigenvalue weighted by molar-refractivity contribution is 0.0693. The van der Waals surface area contributed by atoms with E-state index in [1.807, 2.05) is 0 Å². The molecule has 0 fully saturated rings. The molecule has 2 rings (SSSR count). The van der Waals surface area contributed by atoms with Gasteiger partial charge in [0.2, 0.25) is 0 Å². The lowest BCUT2D eigenvalue weighted by atomic mass is 10.1. The van der Waals surface area contributed by atoms with E-state index in [9.17, 15) is 18.3 Å². The molecule has 10 nitrogen and oxygen atoms in total. The van der Waals surface area contributed by atoms with E-state index >= 15 is 0 Å². The molecule has 0 saturated carbocycles. The smallest absolute Gasteiger partial charge is 0.339 e. The molecule has 0 aliphatic heterocycles. The Morgan fingerprint density at radius 1 is 1.19 bits per heavy atom. The number of hydrogen-bond acceptors (Lipinski definition) is 8. The molecule has 2 aromatic rings. The minimum atomic E-state index is -4.87. The molecule has 0 radical (unpaired) electrons. The molecule has 0 aliphatic rings. The van der Waals surface area contributed by atoms with Crippen LogP contribution in [0.15, 0.2) is 39.4 Å². The van der Waals surface area contributed by atoms with Gasteiger partial charge in [0.1, 0.15) is 16.2 Å². The topological polar surface area (TPSA) is 172 Å². The first-order valence-corrected chi connectivity index (χ1v) is 8.42. The number of anilines is 1. The largest absolute Gasteiger partial charge is 0.506 e. The van der Waals surface area contributed by atoms with Gasteiger partial charge in [-0.1, -0.05) is 0 Å². The van der Waals surface area contributed by atoms with Crippen LogP contribution in [0.3, 0.4) is 0 Å². The zero-order chi connectivity index (χ0) is 19.6. The number of aromatic carboxylic acids is 1. The van der Waals surface area contributed by atoms with Crippen LogP contribution in [0.1, 0.15) is 15.9 Å². The molecule has 0 spiro atoms. The van der Waals surface area contributed by atoms with Crippen molar-refractivity contribution >= 4 is 33.1 Å². The number of nitrogens with zero attached hydrogens (tertiary/aromatic N) is 2. The molecule has 26 heavy (non-hydrogen) atoms. The molecule has 11 heteroatoms. The summed E-state index contributed by atoms with van der Waals surface area (Å²) in [5.74, 6) is -2.35. The van der Waals surface area contributed by atoms with E-state index in [0.717, 1.165) is 12.1 Å². The second-order valence-electron chi connectivity index (χ2n) is 5.20. The zero-order valence-corrected chi connectivity index (χ0v) is 14.5. The summed E-state index contributed by atoms with van der Waals surface area (Å²) in [4.78, 5) is 10.2. The number of benzene rings is 2. The molecule has 0 bridgehead atoms. The predicted molar refractivity (Wildman–Crippen MR) is 91.2 cm³/mol. The van der Waals surface area contributed by atoms with E-state index in [2.05, 4.69) is 10.2 Å². The van der Waals surface area contributed by atoms with Crippen molar-refractivity contribution in [2.75, 3.05) is 12.8 Å². The summed E-state index contributed by atoms with van der Waals surface area (Å²) in [5, 5.41) is 26.5. The number of phenols is 1. The number of methoxy groups -OCH3 is 1. The Morgan fingerprint density at radius 2 is 1.85 bits per heavy atom. The van der Waals surface area contributed by atoms with Crippen molar-refractivity contribution in [3.8, 4) is 11.5 Å². The Balaban J connectivity index is 2.58. The molecule has 0 amide bonds.